The van der Waals surface area contributed by atoms with Crippen molar-refractivity contribution in [2.75, 3.05) is 20.3 Å². The Morgan fingerprint density at radius 2 is 1.97 bits per heavy atom. The average molecular weight is 447 g/mol. The van der Waals surface area contributed by atoms with E-state index in [1.54, 1.807) is 7.11 Å². The van der Waals surface area contributed by atoms with Gasteiger partial charge in [0, 0.05) is 24.9 Å². The van der Waals surface area contributed by atoms with Crippen LogP contribution in [0.3, 0.4) is 0 Å². The van der Waals surface area contributed by atoms with Gasteiger partial charge >= 0.3 is 0 Å². The number of hydrogen-bond donors (Lipinski definition) is 3. The number of carbonyl (C=O) groups excluding carboxylic acids is 1. The van der Waals surface area contributed by atoms with Gasteiger partial charge in [-0.05, 0) is 60.6 Å². The molecule has 7 unspecified atom stereocenters. The lowest BCUT2D eigenvalue weighted by molar-refractivity contribution is -0.305. The summed E-state index contributed by atoms with van der Waals surface area (Å²) in [6.07, 6.45) is 3.12. The van der Waals surface area contributed by atoms with Gasteiger partial charge in [-0.25, -0.2) is 0 Å². The zero-order chi connectivity index (χ0) is 22.9. The Hall–Kier alpha value is -1.67. The molecule has 32 heavy (non-hydrogen) atoms. The number of nitrogens with one attached hydrogen (secondary N) is 1. The first-order valence-electron chi connectivity index (χ1n) is 11.8. The Kier molecular flexibility index (Phi) is 6.82. The number of ether oxygens (including phenoxy) is 3. The number of carbonyl (C=O) groups is 1. The first kappa shape index (κ1) is 23.5. The molecule has 0 radical (unpaired) electrons. The van der Waals surface area contributed by atoms with Crippen molar-refractivity contribution in [2.45, 2.75) is 71.0 Å². The molecule has 178 valence electrons. The summed E-state index contributed by atoms with van der Waals surface area (Å²) in [5.74, 6) is 1.03. The second-order valence-corrected chi connectivity index (χ2v) is 10.3. The van der Waals surface area contributed by atoms with E-state index < -0.39 is 6.10 Å². The molecule has 4 N–H and O–H groups in total. The van der Waals surface area contributed by atoms with Crippen LogP contribution < -0.4 is 15.8 Å². The van der Waals surface area contributed by atoms with Gasteiger partial charge in [0.05, 0.1) is 25.9 Å². The molecule has 1 amide bonds. The molecule has 2 aliphatic carbocycles. The summed E-state index contributed by atoms with van der Waals surface area (Å²) in [5.41, 5.74) is 6.53. The number of fused-ring (bicyclic) bond motifs is 3. The summed E-state index contributed by atoms with van der Waals surface area (Å²) in [6, 6.07) is 7.68. The molecule has 1 aromatic carbocycles. The van der Waals surface area contributed by atoms with Crippen LogP contribution in [0.4, 0.5) is 0 Å². The highest BCUT2D eigenvalue weighted by atomic mass is 16.7. The van der Waals surface area contributed by atoms with Gasteiger partial charge in [0.25, 0.3) is 0 Å². The van der Waals surface area contributed by atoms with Crippen LogP contribution in [0.5, 0.6) is 5.75 Å². The third-order valence-electron chi connectivity index (χ3n) is 8.48. The highest BCUT2D eigenvalue weighted by Crippen LogP contribution is 2.62. The summed E-state index contributed by atoms with van der Waals surface area (Å²) in [5, 5.41) is 14.0. The second-order valence-electron chi connectivity index (χ2n) is 10.3. The van der Waals surface area contributed by atoms with Crippen molar-refractivity contribution in [3.63, 3.8) is 0 Å². The van der Waals surface area contributed by atoms with Crippen molar-refractivity contribution < 1.29 is 24.1 Å². The van der Waals surface area contributed by atoms with E-state index in [4.69, 9.17) is 19.9 Å². The van der Waals surface area contributed by atoms with Crippen LogP contribution in [0.2, 0.25) is 0 Å². The monoisotopic (exact) mass is 446 g/mol. The van der Waals surface area contributed by atoms with E-state index in [-0.39, 0.29) is 35.0 Å². The molecule has 2 saturated carbocycles. The van der Waals surface area contributed by atoms with Gasteiger partial charge in [0.1, 0.15) is 5.75 Å². The zero-order valence-electron chi connectivity index (χ0n) is 19.5. The minimum absolute atomic E-state index is 0.0154. The molecule has 0 spiro atoms. The SMILES string of the molecule is COc1ccc(CNC(=O)CC2C(O)CCC3C4(C)COC(CN)OC4CCC23C)cc1. The van der Waals surface area contributed by atoms with Gasteiger partial charge in [0.2, 0.25) is 5.91 Å². The van der Waals surface area contributed by atoms with Crippen LogP contribution >= 0.6 is 0 Å². The van der Waals surface area contributed by atoms with E-state index in [9.17, 15) is 9.90 Å². The molecule has 3 fully saturated rings. The normalized spacial score (nSPS) is 39.0. The molecule has 4 rings (SSSR count). The smallest absolute Gasteiger partial charge is 0.220 e. The van der Waals surface area contributed by atoms with Crippen LogP contribution in [0.1, 0.15) is 51.5 Å². The number of aliphatic hydroxyl groups is 1. The molecule has 7 atom stereocenters. The number of hydrogen-bond acceptors (Lipinski definition) is 6. The van der Waals surface area contributed by atoms with Gasteiger partial charge in [-0.3, -0.25) is 4.79 Å². The lowest BCUT2D eigenvalue weighted by Crippen LogP contribution is -2.63. The number of benzene rings is 1. The molecule has 7 nitrogen and oxygen atoms in total. The van der Waals surface area contributed by atoms with Crippen molar-refractivity contribution >= 4 is 5.91 Å². The van der Waals surface area contributed by atoms with E-state index in [0.717, 1.165) is 30.6 Å². The summed E-state index contributed by atoms with van der Waals surface area (Å²) >= 11 is 0. The number of nitrogens with two attached hydrogens (primary N) is 1. The van der Waals surface area contributed by atoms with Gasteiger partial charge in [0.15, 0.2) is 6.29 Å². The van der Waals surface area contributed by atoms with Crippen molar-refractivity contribution in [3.8, 4) is 5.75 Å². The summed E-state index contributed by atoms with van der Waals surface area (Å²) < 4.78 is 17.3. The van der Waals surface area contributed by atoms with Gasteiger partial charge in [-0.1, -0.05) is 26.0 Å². The van der Waals surface area contributed by atoms with Crippen LogP contribution in [0.15, 0.2) is 24.3 Å². The minimum Gasteiger partial charge on any atom is -0.497 e. The van der Waals surface area contributed by atoms with E-state index in [1.165, 1.54) is 0 Å². The van der Waals surface area contributed by atoms with Crippen LogP contribution in [-0.4, -0.2) is 49.8 Å². The maximum absolute atomic E-state index is 12.9. The van der Waals surface area contributed by atoms with Crippen LogP contribution in [-0.2, 0) is 20.8 Å². The van der Waals surface area contributed by atoms with E-state index in [2.05, 4.69) is 19.2 Å². The fourth-order valence-corrected chi connectivity index (χ4v) is 6.63. The third-order valence-corrected chi connectivity index (χ3v) is 8.48. The Bertz CT molecular complexity index is 802. The van der Waals surface area contributed by atoms with E-state index in [0.29, 0.717) is 38.5 Å². The Morgan fingerprint density at radius 3 is 2.66 bits per heavy atom. The largest absolute Gasteiger partial charge is 0.497 e. The van der Waals surface area contributed by atoms with Gasteiger partial charge in [-0.2, -0.15) is 0 Å². The molecule has 1 aromatic rings. The predicted octanol–water partition coefficient (Wildman–Crippen LogP) is 2.60. The molecular weight excluding hydrogens is 408 g/mol. The Morgan fingerprint density at radius 1 is 1.22 bits per heavy atom. The highest BCUT2D eigenvalue weighted by molar-refractivity contribution is 5.76. The van der Waals surface area contributed by atoms with Gasteiger partial charge < -0.3 is 30.4 Å². The van der Waals surface area contributed by atoms with E-state index in [1.807, 2.05) is 24.3 Å². The summed E-state index contributed by atoms with van der Waals surface area (Å²) in [7, 11) is 1.64. The molecule has 1 saturated heterocycles. The summed E-state index contributed by atoms with van der Waals surface area (Å²) in [6.45, 7) is 5.97. The molecular formula is C25H38N2O5. The molecule has 0 aromatic heterocycles. The lowest BCUT2D eigenvalue weighted by Gasteiger charge is -2.62. The second kappa shape index (κ2) is 9.29. The molecule has 1 aliphatic heterocycles. The maximum atomic E-state index is 12.9. The molecule has 7 heteroatoms. The fourth-order valence-electron chi connectivity index (χ4n) is 6.63. The standard InChI is InChI=1S/C25H38N2O5/c1-24-11-10-21-25(2,15-31-23(13-26)32-21)20(24)9-8-19(28)18(24)12-22(29)27-14-16-4-6-17(30-3)7-5-16/h4-7,18-21,23,28H,8-15,26H2,1-3H3,(H,27,29). The number of rotatable bonds is 6. The quantitative estimate of drug-likeness (QED) is 0.621. The van der Waals surface area contributed by atoms with E-state index >= 15 is 0 Å². The fraction of sp³-hybridized carbons (Fsp3) is 0.720. The average Bonchev–Trinajstić information content (AvgIpc) is 2.80. The van der Waals surface area contributed by atoms with Crippen LogP contribution in [0.25, 0.3) is 0 Å². The maximum Gasteiger partial charge on any atom is 0.220 e. The molecule has 1 heterocycles. The minimum atomic E-state index is -0.467. The summed E-state index contributed by atoms with van der Waals surface area (Å²) in [4.78, 5) is 12.9. The Balaban J connectivity index is 1.43. The zero-order valence-corrected chi connectivity index (χ0v) is 19.5. The number of methoxy groups -OCH3 is 1. The van der Waals surface area contributed by atoms with Crippen molar-refractivity contribution in [1.82, 2.24) is 5.32 Å². The Labute approximate surface area is 191 Å². The number of amides is 1. The predicted molar refractivity (Wildman–Crippen MR) is 121 cm³/mol. The van der Waals surface area contributed by atoms with Gasteiger partial charge in [-0.15, -0.1) is 0 Å². The van der Waals surface area contributed by atoms with Crippen molar-refractivity contribution in [2.24, 2.45) is 28.4 Å². The first-order valence-corrected chi connectivity index (χ1v) is 11.8. The van der Waals surface area contributed by atoms with Crippen molar-refractivity contribution in [3.05, 3.63) is 29.8 Å². The van der Waals surface area contributed by atoms with Crippen LogP contribution in [0, 0.1) is 22.7 Å². The molecule has 0 bridgehead atoms. The lowest BCUT2D eigenvalue weighted by atomic mass is 9.46. The first-order chi connectivity index (χ1) is 15.3. The third kappa shape index (κ3) is 4.28. The van der Waals surface area contributed by atoms with Crippen molar-refractivity contribution in [1.29, 1.82) is 0 Å². The highest BCUT2D eigenvalue weighted by Gasteiger charge is 2.61. The topological polar surface area (TPSA) is 103 Å². The molecule has 3 aliphatic rings. The number of aliphatic hydroxyl groups excluding tert-OH is 1.